The Morgan fingerprint density at radius 3 is 0.803 bits per heavy atom. The van der Waals surface area contributed by atoms with Crippen molar-refractivity contribution >= 4 is 17.9 Å². The molecule has 0 bridgehead atoms. The van der Waals surface area contributed by atoms with Crippen molar-refractivity contribution in [2.75, 3.05) is 13.2 Å². The number of carbonyl (C=O) groups excluding carboxylic acids is 3. The number of ether oxygens (including phenoxy) is 3. The largest absolute Gasteiger partial charge is 0.462 e. The zero-order chi connectivity index (χ0) is 51.4. The van der Waals surface area contributed by atoms with E-state index in [1.165, 1.54) is 212 Å². The molecule has 414 valence electrons. The Morgan fingerprint density at radius 2 is 0.507 bits per heavy atom. The second-order valence-electron chi connectivity index (χ2n) is 21.0. The number of unbranched alkanes of at least 4 members (excludes halogenated alkanes) is 38. The summed E-state index contributed by atoms with van der Waals surface area (Å²) in [6.07, 6.45) is 74.3. The third kappa shape index (κ3) is 58.1. The van der Waals surface area contributed by atoms with Crippen LogP contribution in [0.1, 0.15) is 329 Å². The second-order valence-corrected chi connectivity index (χ2v) is 21.0. The van der Waals surface area contributed by atoms with Crippen molar-refractivity contribution in [3.63, 3.8) is 0 Å². The average Bonchev–Trinajstić information content (AvgIpc) is 3.37. The lowest BCUT2D eigenvalue weighted by molar-refractivity contribution is -0.167. The molecule has 0 radical (unpaired) electrons. The van der Waals surface area contributed by atoms with Crippen LogP contribution in [0.5, 0.6) is 0 Å². The van der Waals surface area contributed by atoms with Gasteiger partial charge in [0.05, 0.1) is 0 Å². The molecule has 6 heteroatoms. The molecule has 0 aliphatic rings. The number of allylic oxidation sites excluding steroid dienone is 8. The van der Waals surface area contributed by atoms with Gasteiger partial charge in [-0.2, -0.15) is 0 Å². The third-order valence-corrected chi connectivity index (χ3v) is 13.8. The molecule has 0 aromatic carbocycles. The number of carbonyl (C=O) groups is 3. The van der Waals surface area contributed by atoms with Crippen LogP contribution in [-0.2, 0) is 28.6 Å². The summed E-state index contributed by atoms with van der Waals surface area (Å²) in [5.41, 5.74) is 0. The molecule has 0 N–H and O–H groups in total. The molecule has 0 saturated carbocycles. The quantitative estimate of drug-likeness (QED) is 0.0261. The minimum absolute atomic E-state index is 0.0729. The standard InChI is InChI=1S/C65H118O6/c1-4-7-10-13-16-18-20-22-24-25-26-27-28-29-30-31-32-33-34-35-36-37-38-39-41-42-44-46-49-52-55-58-64(67)70-61-62(60-69-63(66)57-54-51-48-15-12-9-6-3)71-65(68)59-56-53-50-47-45-43-40-23-21-19-17-14-11-8-5-2/h20,22-23,25-26,28-29,40,62H,4-19,21,24,27,30-39,41-61H2,1-3H3/b22-20-,26-25-,29-28-,40-23-. The Morgan fingerprint density at radius 1 is 0.282 bits per heavy atom. The van der Waals surface area contributed by atoms with Gasteiger partial charge in [-0.05, 0) is 83.5 Å². The van der Waals surface area contributed by atoms with Crippen molar-refractivity contribution in [1.82, 2.24) is 0 Å². The fraction of sp³-hybridized carbons (Fsp3) is 0.831. The summed E-state index contributed by atoms with van der Waals surface area (Å²) in [5, 5.41) is 0. The lowest BCUT2D eigenvalue weighted by Gasteiger charge is -2.18. The Balaban J connectivity index is 4.02. The van der Waals surface area contributed by atoms with E-state index in [0.29, 0.717) is 19.3 Å². The zero-order valence-electron chi connectivity index (χ0n) is 47.5. The zero-order valence-corrected chi connectivity index (χ0v) is 47.5. The lowest BCUT2D eigenvalue weighted by Crippen LogP contribution is -2.30. The van der Waals surface area contributed by atoms with Gasteiger partial charge in [-0.3, -0.25) is 14.4 Å². The highest BCUT2D eigenvalue weighted by atomic mass is 16.6. The van der Waals surface area contributed by atoms with Crippen LogP contribution < -0.4 is 0 Å². The van der Waals surface area contributed by atoms with Gasteiger partial charge < -0.3 is 14.2 Å². The maximum Gasteiger partial charge on any atom is 0.306 e. The summed E-state index contributed by atoms with van der Waals surface area (Å²) in [4.78, 5) is 38.0. The molecule has 0 aromatic rings. The van der Waals surface area contributed by atoms with Gasteiger partial charge in [0.1, 0.15) is 13.2 Å². The summed E-state index contributed by atoms with van der Waals surface area (Å²) in [5.74, 6) is -0.873. The molecule has 0 saturated heterocycles. The molecule has 0 aliphatic carbocycles. The van der Waals surface area contributed by atoms with Crippen molar-refractivity contribution < 1.29 is 28.6 Å². The normalized spacial score (nSPS) is 12.3. The molecular weight excluding hydrogens is 877 g/mol. The monoisotopic (exact) mass is 995 g/mol. The summed E-state index contributed by atoms with van der Waals surface area (Å²) in [6.45, 7) is 6.61. The summed E-state index contributed by atoms with van der Waals surface area (Å²) < 4.78 is 16.8. The highest BCUT2D eigenvalue weighted by Crippen LogP contribution is 2.17. The predicted octanol–water partition coefficient (Wildman–Crippen LogP) is 21.0. The minimum atomic E-state index is -0.772. The van der Waals surface area contributed by atoms with Crippen LogP contribution in [0.4, 0.5) is 0 Å². The first kappa shape index (κ1) is 68.4. The maximum absolute atomic E-state index is 12.8. The second kappa shape index (κ2) is 59.9. The van der Waals surface area contributed by atoms with E-state index in [1.54, 1.807) is 0 Å². The lowest BCUT2D eigenvalue weighted by atomic mass is 10.0. The smallest absolute Gasteiger partial charge is 0.306 e. The molecular formula is C65H118O6. The topological polar surface area (TPSA) is 78.9 Å². The number of hydrogen-bond donors (Lipinski definition) is 0. The molecule has 0 rings (SSSR count). The SMILES string of the molecule is CCCCCCC/C=C\C/C=C\C/C=C\CCCCCCCCCCCCCCCCCCC(=O)OCC(COC(=O)CCCCCCCCC)OC(=O)CCCCCCC/C=C\CCCCCCCC. The van der Waals surface area contributed by atoms with E-state index in [1.807, 2.05) is 0 Å². The van der Waals surface area contributed by atoms with Crippen molar-refractivity contribution in [3.05, 3.63) is 48.6 Å². The summed E-state index contributed by atoms with van der Waals surface area (Å²) in [7, 11) is 0. The highest BCUT2D eigenvalue weighted by molar-refractivity contribution is 5.71. The third-order valence-electron chi connectivity index (χ3n) is 13.8. The molecule has 1 unspecified atom stereocenters. The molecule has 0 heterocycles. The Kier molecular flexibility index (Phi) is 57.7. The van der Waals surface area contributed by atoms with Crippen molar-refractivity contribution in [2.45, 2.75) is 335 Å². The Bertz CT molecular complexity index is 1230. The summed E-state index contributed by atoms with van der Waals surface area (Å²) in [6, 6.07) is 0. The predicted molar refractivity (Wildman–Crippen MR) is 307 cm³/mol. The van der Waals surface area contributed by atoms with E-state index in [4.69, 9.17) is 14.2 Å². The first-order valence-corrected chi connectivity index (χ1v) is 31.1. The molecule has 6 nitrogen and oxygen atoms in total. The van der Waals surface area contributed by atoms with E-state index < -0.39 is 6.10 Å². The van der Waals surface area contributed by atoms with E-state index in [9.17, 15) is 14.4 Å². The van der Waals surface area contributed by atoms with E-state index in [-0.39, 0.29) is 31.1 Å². The Labute approximate surface area is 441 Å². The van der Waals surface area contributed by atoms with Gasteiger partial charge in [-0.15, -0.1) is 0 Å². The van der Waals surface area contributed by atoms with Gasteiger partial charge in [0.15, 0.2) is 6.10 Å². The van der Waals surface area contributed by atoms with E-state index in [2.05, 4.69) is 69.4 Å². The van der Waals surface area contributed by atoms with Gasteiger partial charge in [0.2, 0.25) is 0 Å². The van der Waals surface area contributed by atoms with Crippen molar-refractivity contribution in [2.24, 2.45) is 0 Å². The van der Waals surface area contributed by atoms with Gasteiger partial charge in [-0.1, -0.05) is 275 Å². The van der Waals surface area contributed by atoms with Crippen LogP contribution in [0, 0.1) is 0 Å². The fourth-order valence-corrected chi connectivity index (χ4v) is 9.09. The van der Waals surface area contributed by atoms with Gasteiger partial charge in [0.25, 0.3) is 0 Å². The maximum atomic E-state index is 12.8. The summed E-state index contributed by atoms with van der Waals surface area (Å²) >= 11 is 0. The van der Waals surface area contributed by atoms with Gasteiger partial charge in [0, 0.05) is 19.3 Å². The fourth-order valence-electron chi connectivity index (χ4n) is 9.09. The van der Waals surface area contributed by atoms with Gasteiger partial charge in [-0.25, -0.2) is 0 Å². The highest BCUT2D eigenvalue weighted by Gasteiger charge is 2.19. The minimum Gasteiger partial charge on any atom is -0.462 e. The number of rotatable bonds is 57. The molecule has 71 heavy (non-hydrogen) atoms. The van der Waals surface area contributed by atoms with Crippen LogP contribution in [-0.4, -0.2) is 37.2 Å². The molecule has 1 atom stereocenters. The molecule has 0 aromatic heterocycles. The van der Waals surface area contributed by atoms with Crippen LogP contribution >= 0.6 is 0 Å². The van der Waals surface area contributed by atoms with Crippen molar-refractivity contribution in [1.29, 1.82) is 0 Å². The average molecular weight is 996 g/mol. The van der Waals surface area contributed by atoms with Crippen LogP contribution in [0.2, 0.25) is 0 Å². The molecule has 0 aliphatic heterocycles. The van der Waals surface area contributed by atoms with Crippen LogP contribution in [0.15, 0.2) is 48.6 Å². The molecule has 0 amide bonds. The van der Waals surface area contributed by atoms with E-state index in [0.717, 1.165) is 77.0 Å². The van der Waals surface area contributed by atoms with Crippen LogP contribution in [0.25, 0.3) is 0 Å². The molecule has 0 spiro atoms. The number of esters is 3. The van der Waals surface area contributed by atoms with Crippen molar-refractivity contribution in [3.8, 4) is 0 Å². The Hall–Kier alpha value is -2.63. The first-order valence-electron chi connectivity index (χ1n) is 31.1. The van der Waals surface area contributed by atoms with Crippen LogP contribution in [0.3, 0.4) is 0 Å². The van der Waals surface area contributed by atoms with E-state index >= 15 is 0 Å². The van der Waals surface area contributed by atoms with Gasteiger partial charge >= 0.3 is 17.9 Å². The number of hydrogen-bond acceptors (Lipinski definition) is 6. The first-order chi connectivity index (χ1) is 35.0. The molecule has 0 fully saturated rings.